The number of nitrogens with one attached hydrogen (secondary N) is 3. The molecule has 6 aromatic heterocycles. The molecule has 0 aliphatic rings. The number of benzene rings is 3. The molecule has 57 heavy (non-hydrogen) atoms. The summed E-state index contributed by atoms with van der Waals surface area (Å²) in [6, 6.07) is 28.3. The molecule has 3 amide bonds. The molecule has 0 fully saturated rings. The number of hydrogen-bond acceptors (Lipinski definition) is 12. The minimum atomic E-state index is -0.300. The topological polar surface area (TPSA) is 203 Å². The minimum Gasteiger partial charge on any atom is -0.319 e. The molecule has 6 heterocycles. The van der Waals surface area contributed by atoms with Crippen LogP contribution < -0.4 is 16.0 Å². The summed E-state index contributed by atoms with van der Waals surface area (Å²) in [5, 5.41) is 11.3. The molecule has 0 atom stereocenters. The maximum absolute atomic E-state index is 12.0. The van der Waals surface area contributed by atoms with Crippen LogP contribution in [0.3, 0.4) is 0 Å². The summed E-state index contributed by atoms with van der Waals surface area (Å²) in [5.74, 6) is -0.899. The largest absolute Gasteiger partial charge is 0.319 e. The first-order valence-electron chi connectivity index (χ1n) is 17.3. The van der Waals surface area contributed by atoms with Crippen molar-refractivity contribution >= 4 is 67.5 Å². The van der Waals surface area contributed by atoms with Crippen LogP contribution in [0.2, 0.25) is 0 Å². The van der Waals surface area contributed by atoms with Crippen LogP contribution in [-0.4, -0.2) is 62.6 Å². The Hall–Kier alpha value is -8.46. The fraction of sp³-hybridized carbons (Fsp3) is 0. The van der Waals surface area contributed by atoms with E-state index in [-0.39, 0.29) is 34.8 Å². The first-order chi connectivity index (χ1) is 28.0. The van der Waals surface area contributed by atoms with Crippen LogP contribution in [0.4, 0.5) is 17.1 Å². The first-order valence-corrected chi connectivity index (χ1v) is 17.3. The van der Waals surface area contributed by atoms with Gasteiger partial charge in [0.25, 0.3) is 17.7 Å². The number of rotatable bonds is 6. The number of carbonyl (C=O) groups is 3. The quantitative estimate of drug-likeness (QED) is 0.160. The number of para-hydroxylation sites is 3. The van der Waals surface area contributed by atoms with Gasteiger partial charge in [0, 0.05) is 71.9 Å². The molecule has 0 aliphatic carbocycles. The Labute approximate surface area is 324 Å². The second kappa shape index (κ2) is 18.0. The zero-order chi connectivity index (χ0) is 39.2. The van der Waals surface area contributed by atoms with Crippen LogP contribution in [0.1, 0.15) is 31.5 Å². The van der Waals surface area contributed by atoms with Crippen molar-refractivity contribution in [3.8, 4) is 0 Å². The van der Waals surface area contributed by atoms with Gasteiger partial charge in [-0.3, -0.25) is 44.3 Å². The summed E-state index contributed by atoms with van der Waals surface area (Å²) in [5.41, 5.74) is 5.06. The van der Waals surface area contributed by atoms with Crippen molar-refractivity contribution in [1.82, 2.24) is 44.9 Å². The van der Waals surface area contributed by atoms with Gasteiger partial charge in [-0.2, -0.15) is 0 Å². The number of aromatic nitrogens is 9. The van der Waals surface area contributed by atoms with Crippen molar-refractivity contribution in [1.29, 1.82) is 0 Å². The van der Waals surface area contributed by atoms with Crippen molar-refractivity contribution in [3.05, 3.63) is 182 Å². The lowest BCUT2D eigenvalue weighted by Crippen LogP contribution is -2.14. The molecule has 0 radical (unpaired) electrons. The Morgan fingerprint density at radius 3 is 0.912 bits per heavy atom. The van der Waals surface area contributed by atoms with E-state index in [9.17, 15) is 14.4 Å². The third-order valence-electron chi connectivity index (χ3n) is 8.03. The molecule has 15 heteroatoms. The van der Waals surface area contributed by atoms with E-state index >= 15 is 0 Å². The Morgan fingerprint density at radius 2 is 0.632 bits per heavy atom. The Morgan fingerprint density at radius 1 is 0.333 bits per heavy atom. The highest BCUT2D eigenvalue weighted by Crippen LogP contribution is 2.23. The van der Waals surface area contributed by atoms with Gasteiger partial charge in [-0.05, 0) is 36.4 Å². The Bertz CT molecular complexity index is 2470. The zero-order valence-corrected chi connectivity index (χ0v) is 29.8. The van der Waals surface area contributed by atoms with E-state index in [0.29, 0.717) is 17.1 Å². The predicted molar refractivity (Wildman–Crippen MR) is 215 cm³/mol. The highest BCUT2D eigenvalue weighted by Gasteiger charge is 2.12. The molecule has 9 aromatic rings. The van der Waals surface area contributed by atoms with Crippen LogP contribution in [0.25, 0.3) is 32.7 Å². The van der Waals surface area contributed by atoms with Crippen molar-refractivity contribution < 1.29 is 14.4 Å². The molecular weight excluding hydrogens is 721 g/mol. The van der Waals surface area contributed by atoms with Crippen molar-refractivity contribution in [2.45, 2.75) is 0 Å². The highest BCUT2D eigenvalue weighted by molar-refractivity contribution is 6.08. The number of amides is 3. The summed E-state index contributed by atoms with van der Waals surface area (Å²) in [6.07, 6.45) is 18.4. The number of carbonyl (C=O) groups excluding carboxylic acids is 3. The number of nitrogens with zero attached hydrogens (tertiary/aromatic N) is 9. The molecule has 3 aromatic carbocycles. The van der Waals surface area contributed by atoms with E-state index in [2.05, 4.69) is 60.8 Å². The lowest BCUT2D eigenvalue weighted by molar-refractivity contribution is 0.101. The van der Waals surface area contributed by atoms with Gasteiger partial charge in [-0.15, -0.1) is 0 Å². The number of pyridine rings is 3. The fourth-order valence-corrected chi connectivity index (χ4v) is 5.42. The zero-order valence-electron chi connectivity index (χ0n) is 29.8. The van der Waals surface area contributed by atoms with E-state index in [0.717, 1.165) is 32.7 Å². The monoisotopic (exact) mass is 750 g/mol. The molecule has 3 N–H and O–H groups in total. The molecular formula is C42H30N12O3. The normalized spacial score (nSPS) is 10.3. The van der Waals surface area contributed by atoms with Gasteiger partial charge in [0.1, 0.15) is 17.1 Å². The molecule has 15 nitrogen and oxygen atoms in total. The highest BCUT2D eigenvalue weighted by atomic mass is 16.2. The SMILES string of the molecule is O=C(Nc1cccc2cccnc12)c1cnccn1.O=C(Nc1cccc2cccnc12)c1cnccn1.O=C(Nc1cccc2cccnc12)c1cnccn1. The number of fused-ring (bicyclic) bond motifs is 3. The Balaban J connectivity index is 0.000000131. The summed E-state index contributed by atoms with van der Waals surface area (Å²) in [7, 11) is 0. The van der Waals surface area contributed by atoms with Gasteiger partial charge < -0.3 is 16.0 Å². The molecule has 276 valence electrons. The van der Waals surface area contributed by atoms with E-state index in [4.69, 9.17) is 0 Å². The second-order valence-electron chi connectivity index (χ2n) is 11.8. The second-order valence-corrected chi connectivity index (χ2v) is 11.8. The number of hydrogen-bond donors (Lipinski definition) is 3. The van der Waals surface area contributed by atoms with Crippen LogP contribution in [0, 0.1) is 0 Å². The van der Waals surface area contributed by atoms with E-state index in [1.807, 2.05) is 91.0 Å². The van der Waals surface area contributed by atoms with Crippen LogP contribution in [-0.2, 0) is 0 Å². The fourth-order valence-electron chi connectivity index (χ4n) is 5.42. The third-order valence-corrected chi connectivity index (χ3v) is 8.03. The summed E-state index contributed by atoms with van der Waals surface area (Å²) in [6.45, 7) is 0. The van der Waals surface area contributed by atoms with E-state index in [1.54, 1.807) is 18.6 Å². The predicted octanol–water partition coefficient (Wildman–Crippen LogP) is 6.83. The standard InChI is InChI=1S/3C14H10N4O/c3*19-14(12-9-15-7-8-16-12)18-11-5-1-3-10-4-2-6-17-13(10)11/h3*1-9H,(H,18,19). The van der Waals surface area contributed by atoms with Gasteiger partial charge in [-0.1, -0.05) is 54.6 Å². The van der Waals surface area contributed by atoms with Gasteiger partial charge in [0.05, 0.1) is 52.2 Å². The van der Waals surface area contributed by atoms with Gasteiger partial charge >= 0.3 is 0 Å². The maximum atomic E-state index is 12.0. The summed E-state index contributed by atoms with van der Waals surface area (Å²) in [4.78, 5) is 72.4. The van der Waals surface area contributed by atoms with Crippen LogP contribution in [0.15, 0.2) is 165 Å². The van der Waals surface area contributed by atoms with Gasteiger partial charge in [0.2, 0.25) is 0 Å². The first kappa shape index (κ1) is 36.9. The van der Waals surface area contributed by atoms with E-state index < -0.39 is 0 Å². The summed E-state index contributed by atoms with van der Waals surface area (Å²) >= 11 is 0. The van der Waals surface area contributed by atoms with Gasteiger partial charge in [-0.25, -0.2) is 15.0 Å². The molecule has 0 saturated carbocycles. The van der Waals surface area contributed by atoms with Crippen molar-refractivity contribution in [2.24, 2.45) is 0 Å². The molecule has 0 bridgehead atoms. The lowest BCUT2D eigenvalue weighted by atomic mass is 10.2. The number of anilines is 3. The third kappa shape index (κ3) is 9.38. The molecule has 0 spiro atoms. The Kier molecular flexibility index (Phi) is 11.7. The molecule has 0 aliphatic heterocycles. The maximum Gasteiger partial charge on any atom is 0.275 e. The van der Waals surface area contributed by atoms with Crippen LogP contribution >= 0.6 is 0 Å². The van der Waals surface area contributed by atoms with Crippen molar-refractivity contribution in [3.63, 3.8) is 0 Å². The molecule has 0 saturated heterocycles. The van der Waals surface area contributed by atoms with Crippen molar-refractivity contribution in [2.75, 3.05) is 16.0 Å². The lowest BCUT2D eigenvalue weighted by Gasteiger charge is -2.07. The molecule has 0 unspecified atom stereocenters. The van der Waals surface area contributed by atoms with Gasteiger partial charge in [0.15, 0.2) is 0 Å². The minimum absolute atomic E-state index is 0.274. The summed E-state index contributed by atoms with van der Waals surface area (Å²) < 4.78 is 0. The average Bonchev–Trinajstić information content (AvgIpc) is 3.28. The van der Waals surface area contributed by atoms with E-state index in [1.165, 1.54) is 55.8 Å². The molecule has 9 rings (SSSR count). The smallest absolute Gasteiger partial charge is 0.275 e. The average molecular weight is 751 g/mol. The van der Waals surface area contributed by atoms with Crippen LogP contribution in [0.5, 0.6) is 0 Å².